The average Bonchev–Trinajstić information content (AvgIpc) is 2.43. The standard InChI is InChI=1S/C15H15ClFNOS/c1-10-6-11(8-18)2-3-12(10)9-20(19)13-4-5-15(17)14(16)7-13/h2-7H,8-9,18H2,1H3. The fourth-order valence-electron chi connectivity index (χ4n) is 1.89. The molecule has 0 spiro atoms. The number of hydrogen-bond acceptors (Lipinski definition) is 2. The molecular formula is C15H15ClFNOS. The molecule has 2 aromatic rings. The van der Waals surface area contributed by atoms with Crippen LogP contribution in [-0.2, 0) is 23.1 Å². The Morgan fingerprint density at radius 2 is 2.00 bits per heavy atom. The third-order valence-corrected chi connectivity index (χ3v) is 4.73. The minimum Gasteiger partial charge on any atom is -0.326 e. The van der Waals surface area contributed by atoms with Crippen LogP contribution in [0.1, 0.15) is 16.7 Å². The topological polar surface area (TPSA) is 43.1 Å². The summed E-state index contributed by atoms with van der Waals surface area (Å²) < 4.78 is 25.4. The quantitative estimate of drug-likeness (QED) is 0.938. The summed E-state index contributed by atoms with van der Waals surface area (Å²) in [7, 11) is -1.25. The molecule has 0 fully saturated rings. The molecule has 2 aromatic carbocycles. The van der Waals surface area contributed by atoms with Crippen LogP contribution in [0.4, 0.5) is 4.39 Å². The van der Waals surface area contributed by atoms with Gasteiger partial charge in [0.05, 0.1) is 21.6 Å². The second-order valence-electron chi connectivity index (χ2n) is 4.53. The van der Waals surface area contributed by atoms with E-state index in [1.165, 1.54) is 18.2 Å². The maximum absolute atomic E-state index is 13.1. The molecule has 0 radical (unpaired) electrons. The Bertz CT molecular complexity index is 660. The summed E-state index contributed by atoms with van der Waals surface area (Å²) in [5, 5.41) is -0.00829. The normalized spacial score (nSPS) is 12.4. The lowest BCUT2D eigenvalue weighted by molar-refractivity contribution is 0.626. The summed E-state index contributed by atoms with van der Waals surface area (Å²) in [4.78, 5) is 0.527. The molecule has 0 amide bonds. The molecule has 0 saturated carbocycles. The number of rotatable bonds is 4. The first kappa shape index (κ1) is 15.2. The fourth-order valence-corrected chi connectivity index (χ4v) is 3.38. The highest BCUT2D eigenvalue weighted by Gasteiger charge is 2.10. The van der Waals surface area contributed by atoms with Crippen molar-refractivity contribution in [1.29, 1.82) is 0 Å². The van der Waals surface area contributed by atoms with Gasteiger partial charge in [-0.3, -0.25) is 4.21 Å². The first-order valence-electron chi connectivity index (χ1n) is 6.13. The van der Waals surface area contributed by atoms with E-state index in [9.17, 15) is 8.60 Å². The molecule has 20 heavy (non-hydrogen) atoms. The largest absolute Gasteiger partial charge is 0.326 e. The van der Waals surface area contributed by atoms with Gasteiger partial charge in [-0.05, 0) is 41.8 Å². The van der Waals surface area contributed by atoms with Crippen LogP contribution < -0.4 is 5.73 Å². The third kappa shape index (κ3) is 3.45. The maximum atomic E-state index is 13.1. The van der Waals surface area contributed by atoms with Crippen molar-refractivity contribution < 1.29 is 8.60 Å². The van der Waals surface area contributed by atoms with Crippen molar-refractivity contribution >= 4 is 22.4 Å². The molecule has 1 atom stereocenters. The van der Waals surface area contributed by atoms with E-state index < -0.39 is 16.6 Å². The molecular weight excluding hydrogens is 297 g/mol. The Balaban J connectivity index is 2.21. The van der Waals surface area contributed by atoms with Gasteiger partial charge in [0.25, 0.3) is 0 Å². The Hall–Kier alpha value is -1.23. The zero-order valence-electron chi connectivity index (χ0n) is 11.0. The van der Waals surface area contributed by atoms with Crippen LogP contribution in [0.25, 0.3) is 0 Å². The fraction of sp³-hybridized carbons (Fsp3) is 0.200. The van der Waals surface area contributed by atoms with E-state index in [2.05, 4.69) is 0 Å². The summed E-state index contributed by atoms with van der Waals surface area (Å²) in [5.41, 5.74) is 8.66. The molecule has 2 N–H and O–H groups in total. The van der Waals surface area contributed by atoms with Gasteiger partial charge in [0.1, 0.15) is 5.82 Å². The molecule has 5 heteroatoms. The van der Waals surface area contributed by atoms with Gasteiger partial charge in [0.2, 0.25) is 0 Å². The van der Waals surface area contributed by atoms with Gasteiger partial charge in [-0.2, -0.15) is 0 Å². The van der Waals surface area contributed by atoms with Crippen molar-refractivity contribution in [3.8, 4) is 0 Å². The zero-order chi connectivity index (χ0) is 14.7. The zero-order valence-corrected chi connectivity index (χ0v) is 12.6. The lowest BCUT2D eigenvalue weighted by Gasteiger charge is -2.08. The predicted octanol–water partition coefficient (Wildman–Crippen LogP) is 3.55. The Morgan fingerprint density at radius 3 is 2.60 bits per heavy atom. The number of hydrogen-bond donors (Lipinski definition) is 1. The van der Waals surface area contributed by atoms with Crippen LogP contribution in [0.2, 0.25) is 5.02 Å². The van der Waals surface area contributed by atoms with E-state index in [1.807, 2.05) is 25.1 Å². The molecule has 106 valence electrons. The lowest BCUT2D eigenvalue weighted by atomic mass is 10.1. The summed E-state index contributed by atoms with van der Waals surface area (Å²) in [6.45, 7) is 2.45. The monoisotopic (exact) mass is 311 g/mol. The van der Waals surface area contributed by atoms with Crippen LogP contribution in [0.5, 0.6) is 0 Å². The van der Waals surface area contributed by atoms with Crippen molar-refractivity contribution in [3.05, 3.63) is 63.9 Å². The van der Waals surface area contributed by atoms with Crippen LogP contribution in [0, 0.1) is 12.7 Å². The summed E-state index contributed by atoms with van der Waals surface area (Å²) in [5.74, 6) is -0.130. The van der Waals surface area contributed by atoms with Gasteiger partial charge in [-0.15, -0.1) is 0 Å². The van der Waals surface area contributed by atoms with Gasteiger partial charge < -0.3 is 5.73 Å². The minimum atomic E-state index is -1.25. The van der Waals surface area contributed by atoms with Crippen LogP contribution in [0.15, 0.2) is 41.3 Å². The van der Waals surface area contributed by atoms with Crippen molar-refractivity contribution in [3.63, 3.8) is 0 Å². The highest BCUT2D eigenvalue weighted by molar-refractivity contribution is 7.84. The van der Waals surface area contributed by atoms with Crippen LogP contribution in [-0.4, -0.2) is 4.21 Å². The number of benzene rings is 2. The molecule has 0 aliphatic carbocycles. The molecule has 0 heterocycles. The first-order valence-corrected chi connectivity index (χ1v) is 7.83. The van der Waals surface area contributed by atoms with Gasteiger partial charge >= 0.3 is 0 Å². The van der Waals surface area contributed by atoms with Gasteiger partial charge in [0.15, 0.2) is 0 Å². The van der Waals surface area contributed by atoms with Crippen molar-refractivity contribution in [2.24, 2.45) is 5.73 Å². The Kier molecular flexibility index (Phi) is 4.91. The second-order valence-corrected chi connectivity index (χ2v) is 6.39. The van der Waals surface area contributed by atoms with Gasteiger partial charge in [0, 0.05) is 11.4 Å². The van der Waals surface area contributed by atoms with Crippen molar-refractivity contribution in [2.75, 3.05) is 0 Å². The molecule has 0 aromatic heterocycles. The summed E-state index contributed by atoms with van der Waals surface area (Å²) in [6, 6.07) is 10.00. The smallest absolute Gasteiger partial charge is 0.141 e. The predicted molar refractivity (Wildman–Crippen MR) is 80.6 cm³/mol. The third-order valence-electron chi connectivity index (χ3n) is 3.08. The van der Waals surface area contributed by atoms with Crippen LogP contribution in [0.3, 0.4) is 0 Å². The van der Waals surface area contributed by atoms with E-state index >= 15 is 0 Å². The Morgan fingerprint density at radius 1 is 1.25 bits per heavy atom. The van der Waals surface area contributed by atoms with Crippen molar-refractivity contribution in [1.82, 2.24) is 0 Å². The van der Waals surface area contributed by atoms with Crippen LogP contribution >= 0.6 is 11.6 Å². The number of nitrogens with two attached hydrogens (primary N) is 1. The summed E-state index contributed by atoms with van der Waals surface area (Å²) in [6.07, 6.45) is 0. The van der Waals surface area contributed by atoms with Gasteiger partial charge in [-0.25, -0.2) is 4.39 Å². The minimum absolute atomic E-state index is 0.00829. The van der Waals surface area contributed by atoms with E-state index in [4.69, 9.17) is 17.3 Å². The van der Waals surface area contributed by atoms with E-state index in [0.717, 1.165) is 16.7 Å². The molecule has 0 aliphatic rings. The SMILES string of the molecule is Cc1cc(CN)ccc1CS(=O)c1ccc(F)c(Cl)c1. The molecule has 0 saturated heterocycles. The molecule has 0 aliphatic heterocycles. The molecule has 0 bridgehead atoms. The average molecular weight is 312 g/mol. The van der Waals surface area contributed by atoms with Crippen molar-refractivity contribution in [2.45, 2.75) is 24.1 Å². The second kappa shape index (κ2) is 6.48. The summed E-state index contributed by atoms with van der Waals surface area (Å²) >= 11 is 5.71. The molecule has 2 nitrogen and oxygen atoms in total. The van der Waals surface area contributed by atoms with Gasteiger partial charge in [-0.1, -0.05) is 29.8 Å². The number of aryl methyl sites for hydroxylation is 1. The lowest BCUT2D eigenvalue weighted by Crippen LogP contribution is -2.02. The highest BCUT2D eigenvalue weighted by atomic mass is 35.5. The van der Waals surface area contributed by atoms with E-state index in [-0.39, 0.29) is 5.02 Å². The molecule has 2 rings (SSSR count). The number of halogens is 2. The molecule has 1 unspecified atom stereocenters. The first-order chi connectivity index (χ1) is 9.51. The Labute approximate surface area is 125 Å². The highest BCUT2D eigenvalue weighted by Crippen LogP contribution is 2.21. The maximum Gasteiger partial charge on any atom is 0.141 e. The van der Waals surface area contributed by atoms with E-state index in [1.54, 1.807) is 0 Å². The van der Waals surface area contributed by atoms with E-state index in [0.29, 0.717) is 17.2 Å².